The first kappa shape index (κ1) is 8.54. The van der Waals surface area contributed by atoms with Crippen LogP contribution in [0.15, 0.2) is 18.5 Å². The Bertz CT molecular complexity index is 288. The van der Waals surface area contributed by atoms with E-state index in [1.165, 1.54) is 0 Å². The van der Waals surface area contributed by atoms with Gasteiger partial charge in [-0.2, -0.15) is 5.26 Å². The maximum Gasteiger partial charge on any atom is 0.0640 e. The molecule has 0 aliphatic rings. The molecule has 62 valence electrons. The number of nitriles is 1. The Morgan fingerprint density at radius 3 is 3.17 bits per heavy atom. The molecule has 0 saturated carbocycles. The van der Waals surface area contributed by atoms with Gasteiger partial charge in [-0.25, -0.2) is 0 Å². The summed E-state index contributed by atoms with van der Waals surface area (Å²) in [6.45, 7) is 2.68. The van der Waals surface area contributed by atoms with Crippen LogP contribution in [0.3, 0.4) is 0 Å². The van der Waals surface area contributed by atoms with Gasteiger partial charge in [-0.1, -0.05) is 0 Å². The van der Waals surface area contributed by atoms with E-state index in [0.29, 0.717) is 13.0 Å². The number of aromatic nitrogens is 1. The molecular formula is C9H11N3. The van der Waals surface area contributed by atoms with Crippen molar-refractivity contribution in [1.29, 1.82) is 5.26 Å². The summed E-state index contributed by atoms with van der Waals surface area (Å²) in [6, 6.07) is 3.99. The summed E-state index contributed by atoms with van der Waals surface area (Å²) in [6.07, 6.45) is 4.07. The Balaban J connectivity index is 2.53. The van der Waals surface area contributed by atoms with Crippen molar-refractivity contribution in [1.82, 2.24) is 4.98 Å². The number of rotatable bonds is 3. The highest BCUT2D eigenvalue weighted by Crippen LogP contribution is 2.10. The van der Waals surface area contributed by atoms with Crippen molar-refractivity contribution < 1.29 is 0 Å². The van der Waals surface area contributed by atoms with E-state index >= 15 is 0 Å². The molecule has 1 aromatic heterocycles. The fourth-order valence-corrected chi connectivity index (χ4v) is 0.925. The van der Waals surface area contributed by atoms with Crippen LogP contribution in [0.5, 0.6) is 0 Å². The van der Waals surface area contributed by atoms with E-state index in [0.717, 1.165) is 11.3 Å². The Labute approximate surface area is 72.1 Å². The van der Waals surface area contributed by atoms with E-state index in [2.05, 4.69) is 16.4 Å². The van der Waals surface area contributed by atoms with Crippen molar-refractivity contribution in [3.05, 3.63) is 24.0 Å². The van der Waals surface area contributed by atoms with E-state index < -0.39 is 0 Å². The monoisotopic (exact) mass is 161 g/mol. The number of anilines is 1. The Morgan fingerprint density at radius 1 is 1.67 bits per heavy atom. The van der Waals surface area contributed by atoms with Crippen LogP contribution in [0, 0.1) is 18.3 Å². The zero-order valence-corrected chi connectivity index (χ0v) is 7.04. The Hall–Kier alpha value is -1.56. The van der Waals surface area contributed by atoms with Gasteiger partial charge in [0.2, 0.25) is 0 Å². The van der Waals surface area contributed by atoms with Crippen molar-refractivity contribution >= 4 is 5.69 Å². The summed E-state index contributed by atoms with van der Waals surface area (Å²) >= 11 is 0. The second-order valence-electron chi connectivity index (χ2n) is 2.53. The van der Waals surface area contributed by atoms with Crippen molar-refractivity contribution in [2.24, 2.45) is 0 Å². The molecule has 0 radical (unpaired) electrons. The molecule has 3 heteroatoms. The summed E-state index contributed by atoms with van der Waals surface area (Å²) in [5.74, 6) is 0. The van der Waals surface area contributed by atoms with Crippen molar-refractivity contribution in [3.63, 3.8) is 0 Å². The van der Waals surface area contributed by atoms with Crippen LogP contribution in [0.2, 0.25) is 0 Å². The van der Waals surface area contributed by atoms with Crippen LogP contribution in [0.4, 0.5) is 5.69 Å². The first-order chi connectivity index (χ1) is 5.84. The molecule has 1 heterocycles. The standard InChI is InChI=1S/C9H11N3/c1-8-7-11-6-3-9(8)12-5-2-4-10/h3,6-7H,2,5H2,1H3,(H,11,12). The largest absolute Gasteiger partial charge is 0.384 e. The lowest BCUT2D eigenvalue weighted by molar-refractivity contribution is 1.07. The molecule has 0 spiro atoms. The molecule has 0 fully saturated rings. The number of hydrogen-bond donors (Lipinski definition) is 1. The molecule has 0 unspecified atom stereocenters. The lowest BCUT2D eigenvalue weighted by Crippen LogP contribution is -2.01. The van der Waals surface area contributed by atoms with Gasteiger partial charge in [0.05, 0.1) is 12.5 Å². The minimum absolute atomic E-state index is 0.530. The third kappa shape index (κ3) is 2.24. The van der Waals surface area contributed by atoms with Gasteiger partial charge >= 0.3 is 0 Å². The molecule has 0 atom stereocenters. The lowest BCUT2D eigenvalue weighted by Gasteiger charge is -2.05. The molecular weight excluding hydrogens is 150 g/mol. The topological polar surface area (TPSA) is 48.7 Å². The molecule has 0 bridgehead atoms. The van der Waals surface area contributed by atoms with Gasteiger partial charge in [-0.15, -0.1) is 0 Å². The van der Waals surface area contributed by atoms with Crippen LogP contribution in [0.1, 0.15) is 12.0 Å². The van der Waals surface area contributed by atoms with Crippen LogP contribution >= 0.6 is 0 Å². The van der Waals surface area contributed by atoms with Gasteiger partial charge in [0.25, 0.3) is 0 Å². The van der Waals surface area contributed by atoms with Crippen molar-refractivity contribution in [3.8, 4) is 6.07 Å². The molecule has 1 rings (SSSR count). The van der Waals surface area contributed by atoms with Gasteiger partial charge in [0, 0.05) is 24.6 Å². The van der Waals surface area contributed by atoms with E-state index in [1.807, 2.05) is 13.0 Å². The van der Waals surface area contributed by atoms with Gasteiger partial charge in [-0.3, -0.25) is 4.98 Å². The molecule has 12 heavy (non-hydrogen) atoms. The first-order valence-corrected chi connectivity index (χ1v) is 3.86. The molecule has 0 aliphatic heterocycles. The van der Waals surface area contributed by atoms with E-state index in [1.54, 1.807) is 12.4 Å². The predicted molar refractivity (Wildman–Crippen MR) is 47.7 cm³/mol. The molecule has 1 aromatic rings. The van der Waals surface area contributed by atoms with E-state index in [9.17, 15) is 0 Å². The third-order valence-corrected chi connectivity index (χ3v) is 1.57. The Kier molecular flexibility index (Phi) is 3.09. The fraction of sp³-hybridized carbons (Fsp3) is 0.333. The van der Waals surface area contributed by atoms with Gasteiger partial charge in [0.15, 0.2) is 0 Å². The number of nitrogens with zero attached hydrogens (tertiary/aromatic N) is 2. The zero-order chi connectivity index (χ0) is 8.81. The number of hydrogen-bond acceptors (Lipinski definition) is 3. The summed E-state index contributed by atoms with van der Waals surface area (Å²) in [7, 11) is 0. The summed E-state index contributed by atoms with van der Waals surface area (Å²) < 4.78 is 0. The second-order valence-corrected chi connectivity index (χ2v) is 2.53. The van der Waals surface area contributed by atoms with Crippen LogP contribution in [0.25, 0.3) is 0 Å². The lowest BCUT2D eigenvalue weighted by atomic mass is 10.2. The van der Waals surface area contributed by atoms with Gasteiger partial charge in [0.1, 0.15) is 0 Å². The summed E-state index contributed by atoms with van der Waals surface area (Å²) in [4.78, 5) is 3.97. The minimum atomic E-state index is 0.530. The summed E-state index contributed by atoms with van der Waals surface area (Å²) in [5, 5.41) is 11.5. The highest BCUT2D eigenvalue weighted by molar-refractivity contribution is 5.48. The molecule has 0 saturated heterocycles. The highest BCUT2D eigenvalue weighted by atomic mass is 14.9. The minimum Gasteiger partial charge on any atom is -0.384 e. The fourth-order valence-electron chi connectivity index (χ4n) is 0.925. The van der Waals surface area contributed by atoms with Gasteiger partial charge in [-0.05, 0) is 18.6 Å². The number of pyridine rings is 1. The van der Waals surface area contributed by atoms with Crippen LogP contribution in [-0.2, 0) is 0 Å². The van der Waals surface area contributed by atoms with Crippen molar-refractivity contribution in [2.45, 2.75) is 13.3 Å². The van der Waals surface area contributed by atoms with E-state index in [-0.39, 0.29) is 0 Å². The van der Waals surface area contributed by atoms with E-state index in [4.69, 9.17) is 5.26 Å². The third-order valence-electron chi connectivity index (χ3n) is 1.57. The highest BCUT2D eigenvalue weighted by Gasteiger charge is 1.94. The van der Waals surface area contributed by atoms with Crippen molar-refractivity contribution in [2.75, 3.05) is 11.9 Å². The SMILES string of the molecule is Cc1cnccc1NCCC#N. The molecule has 3 nitrogen and oxygen atoms in total. The van der Waals surface area contributed by atoms with Crippen LogP contribution in [-0.4, -0.2) is 11.5 Å². The number of nitrogens with one attached hydrogen (secondary N) is 1. The average Bonchev–Trinajstić information content (AvgIpc) is 2.09. The van der Waals surface area contributed by atoms with Gasteiger partial charge < -0.3 is 5.32 Å². The maximum absolute atomic E-state index is 8.31. The molecule has 1 N–H and O–H groups in total. The normalized spacial score (nSPS) is 9.00. The molecule has 0 amide bonds. The smallest absolute Gasteiger partial charge is 0.0640 e. The summed E-state index contributed by atoms with van der Waals surface area (Å²) in [5.41, 5.74) is 2.16. The average molecular weight is 161 g/mol. The predicted octanol–water partition coefficient (Wildman–Crippen LogP) is 1.72. The Morgan fingerprint density at radius 2 is 2.50 bits per heavy atom. The molecule has 0 aromatic carbocycles. The maximum atomic E-state index is 8.31. The van der Waals surface area contributed by atoms with Crippen LogP contribution < -0.4 is 5.32 Å². The second kappa shape index (κ2) is 4.35. The number of aryl methyl sites for hydroxylation is 1. The molecule has 0 aliphatic carbocycles. The quantitative estimate of drug-likeness (QED) is 0.686. The first-order valence-electron chi connectivity index (χ1n) is 3.86. The zero-order valence-electron chi connectivity index (χ0n) is 7.04.